The van der Waals surface area contributed by atoms with Gasteiger partial charge in [-0.05, 0) is 70.7 Å². The van der Waals surface area contributed by atoms with Gasteiger partial charge < -0.3 is 15.0 Å². The molecule has 168 valence electrons. The minimum Gasteiger partial charge on any atom is -0.444 e. The van der Waals surface area contributed by atoms with E-state index in [1.807, 2.05) is 36.3 Å². The molecule has 2 aromatic rings. The number of carbonyl (C=O) groups is 2. The van der Waals surface area contributed by atoms with Gasteiger partial charge in [-0.2, -0.15) is 0 Å². The highest BCUT2D eigenvalue weighted by Crippen LogP contribution is 2.22. The maximum atomic E-state index is 12.7. The van der Waals surface area contributed by atoms with Gasteiger partial charge in [-0.15, -0.1) is 10.2 Å². The van der Waals surface area contributed by atoms with E-state index >= 15 is 0 Å². The molecule has 0 spiro atoms. The van der Waals surface area contributed by atoms with Crippen molar-refractivity contribution in [3.63, 3.8) is 0 Å². The van der Waals surface area contributed by atoms with Gasteiger partial charge in [0.25, 0.3) is 0 Å². The summed E-state index contributed by atoms with van der Waals surface area (Å²) in [5, 5.41) is 11.8. The number of hydrogen-bond acceptors (Lipinski definition) is 6. The lowest BCUT2D eigenvalue weighted by Gasteiger charge is -2.32. The van der Waals surface area contributed by atoms with Crippen LogP contribution in [0.15, 0.2) is 29.7 Å². The molecule has 0 atom stereocenters. The molecular formula is C22H31N5O3S. The van der Waals surface area contributed by atoms with E-state index < -0.39 is 11.7 Å². The summed E-state index contributed by atoms with van der Waals surface area (Å²) in [6.45, 7) is 10.9. The lowest BCUT2D eigenvalue weighted by atomic mass is 10.1. The van der Waals surface area contributed by atoms with E-state index in [2.05, 4.69) is 41.5 Å². The lowest BCUT2D eigenvalue weighted by Crippen LogP contribution is -2.48. The van der Waals surface area contributed by atoms with E-state index in [1.54, 1.807) is 6.33 Å². The number of amides is 2. The summed E-state index contributed by atoms with van der Waals surface area (Å²) in [5.41, 5.74) is 2.89. The Balaban J connectivity index is 1.49. The van der Waals surface area contributed by atoms with Crippen LogP contribution in [0.1, 0.15) is 44.7 Å². The second-order valence-corrected chi connectivity index (χ2v) is 9.78. The number of ether oxygens (including phenoxy) is 1. The maximum Gasteiger partial charge on any atom is 0.407 e. The lowest BCUT2D eigenvalue weighted by molar-refractivity contribution is -0.129. The minimum atomic E-state index is -0.518. The van der Waals surface area contributed by atoms with Gasteiger partial charge in [-0.1, -0.05) is 17.8 Å². The number of thioether (sulfide) groups is 1. The molecule has 0 unspecified atom stereocenters. The highest BCUT2D eigenvalue weighted by atomic mass is 32.2. The zero-order valence-corrected chi connectivity index (χ0v) is 19.7. The van der Waals surface area contributed by atoms with Crippen LogP contribution in [-0.2, 0) is 9.53 Å². The van der Waals surface area contributed by atoms with E-state index in [4.69, 9.17) is 4.74 Å². The fraction of sp³-hybridized carbons (Fsp3) is 0.545. The minimum absolute atomic E-state index is 0.0272. The summed E-state index contributed by atoms with van der Waals surface area (Å²) >= 11 is 1.39. The highest BCUT2D eigenvalue weighted by molar-refractivity contribution is 7.99. The molecule has 9 heteroatoms. The molecule has 2 amide bonds. The summed E-state index contributed by atoms with van der Waals surface area (Å²) in [4.78, 5) is 26.5. The standard InChI is InChI=1S/C22H31N5O3S/c1-15-6-7-18(12-16(15)2)27-14-23-25-20(27)31-13-19(28)26-10-8-17(9-11-26)24-21(29)30-22(3,4)5/h6-7,12,14,17H,8-11,13H2,1-5H3,(H,24,29). The largest absolute Gasteiger partial charge is 0.444 e. The quantitative estimate of drug-likeness (QED) is 0.709. The summed E-state index contributed by atoms with van der Waals surface area (Å²) in [7, 11) is 0. The molecule has 0 saturated carbocycles. The summed E-state index contributed by atoms with van der Waals surface area (Å²) in [5.74, 6) is 0.364. The van der Waals surface area contributed by atoms with Crippen molar-refractivity contribution < 1.29 is 14.3 Å². The first-order valence-electron chi connectivity index (χ1n) is 10.5. The van der Waals surface area contributed by atoms with E-state index in [0.29, 0.717) is 36.8 Å². The Bertz CT molecular complexity index is 929. The Morgan fingerprint density at radius 2 is 1.90 bits per heavy atom. The van der Waals surface area contributed by atoms with Gasteiger partial charge in [0, 0.05) is 24.8 Å². The Labute approximate surface area is 187 Å². The number of nitrogens with one attached hydrogen (secondary N) is 1. The number of hydrogen-bond donors (Lipinski definition) is 1. The number of aryl methyl sites for hydroxylation is 2. The van der Waals surface area contributed by atoms with Crippen LogP contribution in [0.2, 0.25) is 0 Å². The number of nitrogens with zero attached hydrogens (tertiary/aromatic N) is 4. The van der Waals surface area contributed by atoms with Crippen molar-refractivity contribution >= 4 is 23.8 Å². The number of piperidine rings is 1. The summed E-state index contributed by atoms with van der Waals surface area (Å²) < 4.78 is 7.21. The highest BCUT2D eigenvalue weighted by Gasteiger charge is 2.26. The molecule has 1 saturated heterocycles. The third kappa shape index (κ3) is 6.46. The molecule has 1 fully saturated rings. The SMILES string of the molecule is Cc1ccc(-n2cnnc2SCC(=O)N2CCC(NC(=O)OC(C)(C)C)CC2)cc1C. The number of benzene rings is 1. The molecule has 0 aliphatic carbocycles. The zero-order chi connectivity index (χ0) is 22.6. The predicted molar refractivity (Wildman–Crippen MR) is 121 cm³/mol. The molecule has 0 radical (unpaired) electrons. The van der Waals surface area contributed by atoms with Crippen molar-refractivity contribution in [3.8, 4) is 5.69 Å². The third-order valence-corrected chi connectivity index (χ3v) is 6.11. The van der Waals surface area contributed by atoms with Crippen LogP contribution in [0.25, 0.3) is 5.69 Å². The number of likely N-dealkylation sites (tertiary alicyclic amines) is 1. The molecule has 8 nitrogen and oxygen atoms in total. The van der Waals surface area contributed by atoms with E-state index in [0.717, 1.165) is 5.69 Å². The van der Waals surface area contributed by atoms with Gasteiger partial charge in [-0.3, -0.25) is 9.36 Å². The normalized spacial score (nSPS) is 15.1. The fourth-order valence-electron chi connectivity index (χ4n) is 3.34. The van der Waals surface area contributed by atoms with Gasteiger partial charge in [0.15, 0.2) is 5.16 Å². The molecule has 31 heavy (non-hydrogen) atoms. The third-order valence-electron chi connectivity index (χ3n) is 5.18. The van der Waals surface area contributed by atoms with Gasteiger partial charge in [0.1, 0.15) is 11.9 Å². The van der Waals surface area contributed by atoms with E-state index in [-0.39, 0.29) is 11.9 Å². The number of rotatable bonds is 5. The maximum absolute atomic E-state index is 12.7. The van der Waals surface area contributed by atoms with Crippen LogP contribution in [-0.4, -0.2) is 62.2 Å². The van der Waals surface area contributed by atoms with Crippen molar-refractivity contribution in [2.45, 2.75) is 64.3 Å². The molecule has 1 N–H and O–H groups in total. The Kier molecular flexibility index (Phi) is 7.25. The van der Waals surface area contributed by atoms with Crippen molar-refractivity contribution in [1.29, 1.82) is 0 Å². The molecule has 0 bridgehead atoms. The summed E-state index contributed by atoms with van der Waals surface area (Å²) in [6.07, 6.45) is 2.70. The topological polar surface area (TPSA) is 89.4 Å². The summed E-state index contributed by atoms with van der Waals surface area (Å²) in [6, 6.07) is 6.21. The first-order valence-corrected chi connectivity index (χ1v) is 11.5. The fourth-order valence-corrected chi connectivity index (χ4v) is 4.17. The first-order chi connectivity index (χ1) is 14.6. The Hall–Kier alpha value is -2.55. The first kappa shape index (κ1) is 23.1. The molecule has 1 aliphatic rings. The van der Waals surface area contributed by atoms with Crippen molar-refractivity contribution in [1.82, 2.24) is 25.0 Å². The molecular weight excluding hydrogens is 414 g/mol. The van der Waals surface area contributed by atoms with Crippen LogP contribution < -0.4 is 5.32 Å². The van der Waals surface area contributed by atoms with Gasteiger partial charge in [0.2, 0.25) is 5.91 Å². The van der Waals surface area contributed by atoms with E-state index in [9.17, 15) is 9.59 Å². The molecule has 3 rings (SSSR count). The van der Waals surface area contributed by atoms with Crippen molar-refractivity contribution in [2.75, 3.05) is 18.8 Å². The van der Waals surface area contributed by atoms with Crippen LogP contribution in [0.5, 0.6) is 0 Å². The molecule has 1 aromatic carbocycles. The van der Waals surface area contributed by atoms with Crippen LogP contribution in [0.3, 0.4) is 0 Å². The van der Waals surface area contributed by atoms with Gasteiger partial charge in [-0.25, -0.2) is 4.79 Å². The average Bonchev–Trinajstić information content (AvgIpc) is 3.16. The monoisotopic (exact) mass is 445 g/mol. The Morgan fingerprint density at radius 1 is 1.19 bits per heavy atom. The molecule has 2 heterocycles. The number of aromatic nitrogens is 3. The second kappa shape index (κ2) is 9.72. The van der Waals surface area contributed by atoms with Gasteiger partial charge in [0.05, 0.1) is 5.75 Å². The number of carbonyl (C=O) groups excluding carboxylic acids is 2. The van der Waals surface area contributed by atoms with Crippen LogP contribution in [0, 0.1) is 13.8 Å². The molecule has 1 aliphatic heterocycles. The Morgan fingerprint density at radius 3 is 2.55 bits per heavy atom. The van der Waals surface area contributed by atoms with Crippen molar-refractivity contribution in [2.24, 2.45) is 0 Å². The predicted octanol–water partition coefficient (Wildman–Crippen LogP) is 3.49. The smallest absolute Gasteiger partial charge is 0.407 e. The zero-order valence-electron chi connectivity index (χ0n) is 18.8. The number of alkyl carbamates (subject to hydrolysis) is 1. The molecule has 1 aromatic heterocycles. The van der Waals surface area contributed by atoms with Crippen LogP contribution in [0.4, 0.5) is 4.79 Å². The second-order valence-electron chi connectivity index (χ2n) is 8.84. The van der Waals surface area contributed by atoms with Gasteiger partial charge >= 0.3 is 6.09 Å². The van der Waals surface area contributed by atoms with Crippen LogP contribution >= 0.6 is 11.8 Å². The average molecular weight is 446 g/mol. The van der Waals surface area contributed by atoms with Crippen molar-refractivity contribution in [3.05, 3.63) is 35.7 Å². The van der Waals surface area contributed by atoms with E-state index in [1.165, 1.54) is 22.9 Å².